The summed E-state index contributed by atoms with van der Waals surface area (Å²) in [5.41, 5.74) is 0. The number of carbonyl (C=O) groups excluding carboxylic acids is 1. The average Bonchev–Trinajstić information content (AvgIpc) is 2.80. The lowest BCUT2D eigenvalue weighted by Gasteiger charge is -2.18. The molecule has 2 amide bonds. The Morgan fingerprint density at radius 1 is 1.44 bits per heavy atom. The second-order valence-corrected chi connectivity index (χ2v) is 4.12. The molecule has 0 aromatic carbocycles. The molecule has 1 aromatic rings. The van der Waals surface area contributed by atoms with Crippen molar-refractivity contribution in [3.8, 4) is 0 Å². The number of rotatable bonds is 6. The molecule has 0 radical (unpaired) electrons. The number of urea groups is 1. The van der Waals surface area contributed by atoms with E-state index in [1.807, 2.05) is 4.57 Å². The summed E-state index contributed by atoms with van der Waals surface area (Å²) in [4.78, 5) is 26.1. The molecular weight excluding hydrogens is 236 g/mol. The van der Waals surface area contributed by atoms with E-state index >= 15 is 0 Å². The number of nitrogens with one attached hydrogen (secondary N) is 2. The lowest BCUT2D eigenvalue weighted by molar-refractivity contribution is -0.141. The van der Waals surface area contributed by atoms with E-state index in [1.165, 1.54) is 0 Å². The highest BCUT2D eigenvalue weighted by molar-refractivity contribution is 5.76. The number of carboxylic acids is 1. The number of aromatic nitrogens is 2. The fourth-order valence-corrected chi connectivity index (χ4v) is 1.31. The summed E-state index contributed by atoms with van der Waals surface area (Å²) in [7, 11) is 0. The zero-order chi connectivity index (χ0) is 13.5. The summed E-state index contributed by atoms with van der Waals surface area (Å²) in [5.74, 6) is -1.55. The molecule has 7 heteroatoms. The normalized spacial score (nSPS) is 13.7. The minimum absolute atomic E-state index is 0.365. The molecule has 0 aliphatic rings. The van der Waals surface area contributed by atoms with Gasteiger partial charge in [-0.1, -0.05) is 0 Å². The molecule has 0 spiro atoms. The molecule has 3 N–H and O–H groups in total. The highest BCUT2D eigenvalue weighted by Gasteiger charge is 2.20. The highest BCUT2D eigenvalue weighted by atomic mass is 16.4. The smallest absolute Gasteiger partial charge is 0.315 e. The van der Waals surface area contributed by atoms with Gasteiger partial charge in [0.25, 0.3) is 0 Å². The van der Waals surface area contributed by atoms with Crippen LogP contribution < -0.4 is 10.6 Å². The Hall–Kier alpha value is -2.05. The first kappa shape index (κ1) is 14.0. The number of hydrogen-bond donors (Lipinski definition) is 3. The van der Waals surface area contributed by atoms with E-state index in [2.05, 4.69) is 15.6 Å². The van der Waals surface area contributed by atoms with Crippen molar-refractivity contribution < 1.29 is 14.7 Å². The molecule has 0 bridgehead atoms. The molecular formula is C11H18N4O3. The molecule has 100 valence electrons. The number of amides is 2. The van der Waals surface area contributed by atoms with Crippen LogP contribution in [0, 0.1) is 5.92 Å². The summed E-state index contributed by atoms with van der Waals surface area (Å²) < 4.78 is 1.84. The summed E-state index contributed by atoms with van der Waals surface area (Å²) in [6.45, 7) is 4.29. The van der Waals surface area contributed by atoms with Crippen LogP contribution in [-0.2, 0) is 11.3 Å². The summed E-state index contributed by atoms with van der Waals surface area (Å²) in [5, 5.41) is 14.0. The summed E-state index contributed by atoms with van der Waals surface area (Å²) in [6.07, 6.45) is 5.13. The van der Waals surface area contributed by atoms with Crippen LogP contribution in [0.2, 0.25) is 0 Å². The summed E-state index contributed by atoms with van der Waals surface area (Å²) in [6, 6.07) is -0.786. The van der Waals surface area contributed by atoms with E-state index < -0.39 is 17.9 Å². The molecule has 7 nitrogen and oxygen atoms in total. The maximum absolute atomic E-state index is 11.5. The second kappa shape index (κ2) is 6.63. The van der Waals surface area contributed by atoms with Crippen molar-refractivity contribution in [2.75, 3.05) is 6.54 Å². The van der Waals surface area contributed by atoms with Crippen molar-refractivity contribution in [1.29, 1.82) is 0 Å². The Morgan fingerprint density at radius 3 is 2.72 bits per heavy atom. The van der Waals surface area contributed by atoms with Gasteiger partial charge in [0.2, 0.25) is 0 Å². The Labute approximate surface area is 105 Å². The van der Waals surface area contributed by atoms with E-state index in [9.17, 15) is 9.59 Å². The van der Waals surface area contributed by atoms with Gasteiger partial charge in [0.1, 0.15) is 0 Å². The average molecular weight is 254 g/mol. The van der Waals surface area contributed by atoms with Gasteiger partial charge in [-0.05, 0) is 13.8 Å². The van der Waals surface area contributed by atoms with Gasteiger partial charge in [-0.3, -0.25) is 4.79 Å². The number of imidazole rings is 1. The van der Waals surface area contributed by atoms with Crippen LogP contribution in [0.5, 0.6) is 0 Å². The Kier molecular flexibility index (Phi) is 5.16. The molecule has 18 heavy (non-hydrogen) atoms. The fourth-order valence-electron chi connectivity index (χ4n) is 1.31. The third-order valence-electron chi connectivity index (χ3n) is 2.71. The molecule has 0 saturated heterocycles. The highest BCUT2D eigenvalue weighted by Crippen LogP contribution is 2.01. The van der Waals surface area contributed by atoms with Crippen LogP contribution in [-0.4, -0.2) is 39.2 Å². The first-order chi connectivity index (χ1) is 8.50. The Bertz CT molecular complexity index is 391. The number of aliphatic carboxylic acids is 1. The molecule has 0 saturated carbocycles. The Morgan fingerprint density at radius 2 is 2.17 bits per heavy atom. The van der Waals surface area contributed by atoms with E-state index in [4.69, 9.17) is 5.11 Å². The van der Waals surface area contributed by atoms with E-state index in [1.54, 1.807) is 32.6 Å². The van der Waals surface area contributed by atoms with Crippen molar-refractivity contribution in [3.63, 3.8) is 0 Å². The molecule has 2 unspecified atom stereocenters. The first-order valence-electron chi connectivity index (χ1n) is 5.73. The van der Waals surface area contributed by atoms with E-state index in [0.717, 1.165) is 0 Å². The molecule has 0 aliphatic carbocycles. The number of carboxylic acid groups (broad SMARTS) is 1. The maximum atomic E-state index is 11.5. The van der Waals surface area contributed by atoms with Gasteiger partial charge in [0.05, 0.1) is 12.2 Å². The van der Waals surface area contributed by atoms with Gasteiger partial charge < -0.3 is 20.3 Å². The van der Waals surface area contributed by atoms with Crippen LogP contribution in [0.1, 0.15) is 13.8 Å². The monoisotopic (exact) mass is 254 g/mol. The van der Waals surface area contributed by atoms with Crippen LogP contribution >= 0.6 is 0 Å². The standard InChI is InChI=1S/C11H18N4O3/c1-8(10(16)17)9(2)14-11(18)13-4-6-15-5-3-12-7-15/h3,5,7-9H,4,6H2,1-2H3,(H,16,17)(H2,13,14,18). The number of carbonyl (C=O) groups is 2. The van der Waals surface area contributed by atoms with Crippen molar-refractivity contribution in [1.82, 2.24) is 20.2 Å². The SMILES string of the molecule is CC(NC(=O)NCCn1ccnc1)C(C)C(=O)O. The fraction of sp³-hybridized carbons (Fsp3) is 0.545. The molecule has 2 atom stereocenters. The number of nitrogens with zero attached hydrogens (tertiary/aromatic N) is 2. The van der Waals surface area contributed by atoms with Crippen molar-refractivity contribution in [2.24, 2.45) is 5.92 Å². The zero-order valence-electron chi connectivity index (χ0n) is 10.5. The second-order valence-electron chi connectivity index (χ2n) is 4.12. The minimum atomic E-state index is -0.929. The lowest BCUT2D eigenvalue weighted by Crippen LogP contribution is -2.45. The van der Waals surface area contributed by atoms with Crippen LogP contribution in [0.4, 0.5) is 4.79 Å². The predicted octanol–water partition coefficient (Wildman–Crippen LogP) is 0.291. The predicted molar refractivity (Wildman–Crippen MR) is 65.0 cm³/mol. The van der Waals surface area contributed by atoms with Gasteiger partial charge in [-0.2, -0.15) is 0 Å². The largest absolute Gasteiger partial charge is 0.481 e. The third kappa shape index (κ3) is 4.44. The third-order valence-corrected chi connectivity index (χ3v) is 2.71. The topological polar surface area (TPSA) is 96.3 Å². The number of hydrogen-bond acceptors (Lipinski definition) is 3. The van der Waals surface area contributed by atoms with Crippen molar-refractivity contribution in [2.45, 2.75) is 26.4 Å². The van der Waals surface area contributed by atoms with Gasteiger partial charge in [-0.25, -0.2) is 9.78 Å². The summed E-state index contributed by atoms with van der Waals surface area (Å²) >= 11 is 0. The molecule has 1 aromatic heterocycles. The quantitative estimate of drug-likeness (QED) is 0.680. The zero-order valence-corrected chi connectivity index (χ0v) is 10.5. The van der Waals surface area contributed by atoms with Gasteiger partial charge >= 0.3 is 12.0 Å². The van der Waals surface area contributed by atoms with Gasteiger partial charge in [0, 0.05) is 31.5 Å². The molecule has 1 heterocycles. The van der Waals surface area contributed by atoms with Gasteiger partial charge in [-0.15, -0.1) is 0 Å². The van der Waals surface area contributed by atoms with Crippen molar-refractivity contribution in [3.05, 3.63) is 18.7 Å². The maximum Gasteiger partial charge on any atom is 0.315 e. The van der Waals surface area contributed by atoms with Crippen LogP contribution in [0.3, 0.4) is 0 Å². The van der Waals surface area contributed by atoms with E-state index in [0.29, 0.717) is 13.1 Å². The molecule has 0 aliphatic heterocycles. The van der Waals surface area contributed by atoms with E-state index in [-0.39, 0.29) is 6.03 Å². The van der Waals surface area contributed by atoms with Gasteiger partial charge in [0.15, 0.2) is 0 Å². The first-order valence-corrected chi connectivity index (χ1v) is 5.73. The lowest BCUT2D eigenvalue weighted by atomic mass is 10.0. The Balaban J connectivity index is 2.23. The molecule has 1 rings (SSSR count). The molecule has 0 fully saturated rings. The van der Waals surface area contributed by atoms with Crippen LogP contribution in [0.15, 0.2) is 18.7 Å². The van der Waals surface area contributed by atoms with Crippen molar-refractivity contribution >= 4 is 12.0 Å². The minimum Gasteiger partial charge on any atom is -0.481 e. The van der Waals surface area contributed by atoms with Crippen LogP contribution in [0.25, 0.3) is 0 Å².